The first-order chi connectivity index (χ1) is 10.7. The van der Waals surface area contributed by atoms with E-state index in [2.05, 4.69) is 10.3 Å². The molecule has 0 atom stereocenters. The summed E-state index contributed by atoms with van der Waals surface area (Å²) in [4.78, 5) is 16.5. The molecule has 1 N–H and O–H groups in total. The first kappa shape index (κ1) is 13.9. The van der Waals surface area contributed by atoms with E-state index in [4.69, 9.17) is 0 Å². The molecule has 0 unspecified atom stereocenters. The molecule has 3 rings (SSSR count). The summed E-state index contributed by atoms with van der Waals surface area (Å²) < 4.78 is 13.5. The number of nitrogens with one attached hydrogen (secondary N) is 1. The minimum atomic E-state index is -0.414. The van der Waals surface area contributed by atoms with Gasteiger partial charge in [0, 0.05) is 17.3 Å². The quantitative estimate of drug-likeness (QED) is 0.788. The summed E-state index contributed by atoms with van der Waals surface area (Å²) in [6.45, 7) is 0. The monoisotopic (exact) mass is 292 g/mol. The molecule has 2 aromatic carbocycles. The van der Waals surface area contributed by atoms with Crippen molar-refractivity contribution in [3.8, 4) is 11.3 Å². The van der Waals surface area contributed by atoms with E-state index in [-0.39, 0.29) is 5.91 Å². The molecule has 0 aliphatic rings. The van der Waals surface area contributed by atoms with Crippen molar-refractivity contribution < 1.29 is 9.18 Å². The summed E-state index contributed by atoms with van der Waals surface area (Å²) in [5.74, 6) is -0.702. The van der Waals surface area contributed by atoms with Gasteiger partial charge in [-0.05, 0) is 42.5 Å². The highest BCUT2D eigenvalue weighted by atomic mass is 19.1. The third-order valence-corrected chi connectivity index (χ3v) is 3.21. The first-order valence-corrected chi connectivity index (χ1v) is 6.81. The Labute approximate surface area is 127 Å². The number of anilines is 1. The number of rotatable bonds is 3. The molecule has 0 bridgehead atoms. The molecule has 0 spiro atoms. The maximum Gasteiger partial charge on any atom is 0.255 e. The van der Waals surface area contributed by atoms with Gasteiger partial charge >= 0.3 is 0 Å². The fraction of sp³-hybridized carbons (Fsp3) is 0. The maximum atomic E-state index is 13.5. The molecule has 1 amide bonds. The molecule has 3 nitrogen and oxygen atoms in total. The smallest absolute Gasteiger partial charge is 0.255 e. The van der Waals surface area contributed by atoms with Gasteiger partial charge in [0.2, 0.25) is 0 Å². The standard InChI is InChI=1S/C18H13FN2O/c19-14-9-10-15(16-8-4-5-11-20-16)17(12-14)21-18(22)13-6-2-1-3-7-13/h1-12H,(H,21,22). The molecule has 1 heterocycles. The van der Waals surface area contributed by atoms with E-state index in [0.717, 1.165) is 0 Å². The Kier molecular flexibility index (Phi) is 3.92. The van der Waals surface area contributed by atoms with Crippen LogP contribution in [0.3, 0.4) is 0 Å². The normalized spacial score (nSPS) is 10.2. The summed E-state index contributed by atoms with van der Waals surface area (Å²) in [6.07, 6.45) is 1.65. The van der Waals surface area contributed by atoms with E-state index in [0.29, 0.717) is 22.5 Å². The topological polar surface area (TPSA) is 42.0 Å². The Hall–Kier alpha value is -3.01. The largest absolute Gasteiger partial charge is 0.321 e. The molecule has 108 valence electrons. The molecular weight excluding hydrogens is 279 g/mol. The Morgan fingerprint density at radius 1 is 0.955 bits per heavy atom. The fourth-order valence-corrected chi connectivity index (χ4v) is 2.15. The minimum Gasteiger partial charge on any atom is -0.321 e. The summed E-state index contributed by atoms with van der Waals surface area (Å²) >= 11 is 0. The van der Waals surface area contributed by atoms with Gasteiger partial charge in [-0.2, -0.15) is 0 Å². The SMILES string of the molecule is O=C(Nc1cc(F)ccc1-c1ccccn1)c1ccccc1. The van der Waals surface area contributed by atoms with E-state index in [1.807, 2.05) is 18.2 Å². The van der Waals surface area contributed by atoms with E-state index in [1.54, 1.807) is 42.6 Å². The van der Waals surface area contributed by atoms with Crippen molar-refractivity contribution in [1.29, 1.82) is 0 Å². The minimum absolute atomic E-state index is 0.289. The van der Waals surface area contributed by atoms with Crippen molar-refractivity contribution in [2.24, 2.45) is 0 Å². The number of carbonyl (C=O) groups is 1. The van der Waals surface area contributed by atoms with Crippen LogP contribution >= 0.6 is 0 Å². The van der Waals surface area contributed by atoms with Crippen LogP contribution in [0.25, 0.3) is 11.3 Å². The van der Waals surface area contributed by atoms with Crippen molar-refractivity contribution in [1.82, 2.24) is 4.98 Å². The van der Waals surface area contributed by atoms with Crippen LogP contribution in [-0.4, -0.2) is 10.9 Å². The van der Waals surface area contributed by atoms with E-state index in [9.17, 15) is 9.18 Å². The zero-order valence-electron chi connectivity index (χ0n) is 11.7. The van der Waals surface area contributed by atoms with Gasteiger partial charge in [-0.15, -0.1) is 0 Å². The van der Waals surface area contributed by atoms with Gasteiger partial charge in [-0.3, -0.25) is 9.78 Å². The summed E-state index contributed by atoms with van der Waals surface area (Å²) in [7, 11) is 0. The number of hydrogen-bond donors (Lipinski definition) is 1. The Bertz CT molecular complexity index is 789. The molecule has 4 heteroatoms. The lowest BCUT2D eigenvalue weighted by Crippen LogP contribution is -2.12. The van der Waals surface area contributed by atoms with E-state index in [1.165, 1.54) is 12.1 Å². The molecule has 0 saturated heterocycles. The molecule has 0 aliphatic heterocycles. The average Bonchev–Trinajstić information content (AvgIpc) is 2.56. The first-order valence-electron chi connectivity index (χ1n) is 6.81. The predicted octanol–water partition coefficient (Wildman–Crippen LogP) is 4.14. The number of hydrogen-bond acceptors (Lipinski definition) is 2. The van der Waals surface area contributed by atoms with Crippen molar-refractivity contribution in [2.45, 2.75) is 0 Å². The van der Waals surface area contributed by atoms with Gasteiger partial charge in [0.1, 0.15) is 5.82 Å². The zero-order valence-corrected chi connectivity index (χ0v) is 11.7. The van der Waals surface area contributed by atoms with Crippen LogP contribution in [-0.2, 0) is 0 Å². The zero-order chi connectivity index (χ0) is 15.4. The Morgan fingerprint density at radius 3 is 2.45 bits per heavy atom. The number of nitrogens with zero attached hydrogens (tertiary/aromatic N) is 1. The highest BCUT2D eigenvalue weighted by Gasteiger charge is 2.11. The molecule has 0 fully saturated rings. The molecule has 0 aliphatic carbocycles. The summed E-state index contributed by atoms with van der Waals surface area (Å²) in [5, 5.41) is 2.75. The van der Waals surface area contributed by atoms with Crippen molar-refractivity contribution in [3.05, 3.63) is 84.3 Å². The molecule has 0 saturated carbocycles. The van der Waals surface area contributed by atoms with Crippen LogP contribution < -0.4 is 5.32 Å². The van der Waals surface area contributed by atoms with Crippen LogP contribution in [0.1, 0.15) is 10.4 Å². The highest BCUT2D eigenvalue weighted by molar-refractivity contribution is 6.06. The van der Waals surface area contributed by atoms with Gasteiger partial charge < -0.3 is 5.32 Å². The van der Waals surface area contributed by atoms with Crippen LogP contribution in [0.15, 0.2) is 72.9 Å². The van der Waals surface area contributed by atoms with Gasteiger partial charge in [-0.25, -0.2) is 4.39 Å². The molecule has 1 aromatic heterocycles. The van der Waals surface area contributed by atoms with Crippen molar-refractivity contribution in [3.63, 3.8) is 0 Å². The number of aromatic nitrogens is 1. The third kappa shape index (κ3) is 3.01. The summed E-state index contributed by atoms with van der Waals surface area (Å²) in [6, 6.07) is 18.5. The lowest BCUT2D eigenvalue weighted by Gasteiger charge is -2.11. The van der Waals surface area contributed by atoms with Gasteiger partial charge in [0.05, 0.1) is 11.4 Å². The second-order valence-electron chi connectivity index (χ2n) is 4.73. The van der Waals surface area contributed by atoms with Crippen LogP contribution in [0, 0.1) is 5.82 Å². The Balaban J connectivity index is 1.97. The number of halogens is 1. The van der Waals surface area contributed by atoms with E-state index >= 15 is 0 Å². The lowest BCUT2D eigenvalue weighted by molar-refractivity contribution is 0.102. The number of amides is 1. The molecular formula is C18H13FN2O. The van der Waals surface area contributed by atoms with Gasteiger partial charge in [-0.1, -0.05) is 24.3 Å². The summed E-state index contributed by atoms with van der Waals surface area (Å²) in [5.41, 5.74) is 2.25. The lowest BCUT2D eigenvalue weighted by atomic mass is 10.1. The average molecular weight is 292 g/mol. The van der Waals surface area contributed by atoms with Crippen LogP contribution in [0.5, 0.6) is 0 Å². The maximum absolute atomic E-state index is 13.5. The van der Waals surface area contributed by atoms with Gasteiger partial charge in [0.15, 0.2) is 0 Å². The fourth-order valence-electron chi connectivity index (χ4n) is 2.15. The molecule has 22 heavy (non-hydrogen) atoms. The second kappa shape index (κ2) is 6.18. The Morgan fingerprint density at radius 2 is 1.73 bits per heavy atom. The van der Waals surface area contributed by atoms with Crippen molar-refractivity contribution >= 4 is 11.6 Å². The number of carbonyl (C=O) groups excluding carboxylic acids is 1. The second-order valence-corrected chi connectivity index (χ2v) is 4.73. The number of pyridine rings is 1. The number of benzene rings is 2. The van der Waals surface area contributed by atoms with Crippen LogP contribution in [0.2, 0.25) is 0 Å². The highest BCUT2D eigenvalue weighted by Crippen LogP contribution is 2.27. The van der Waals surface area contributed by atoms with E-state index < -0.39 is 5.82 Å². The van der Waals surface area contributed by atoms with Gasteiger partial charge in [0.25, 0.3) is 5.91 Å². The van der Waals surface area contributed by atoms with Crippen molar-refractivity contribution in [2.75, 3.05) is 5.32 Å². The third-order valence-electron chi connectivity index (χ3n) is 3.21. The molecule has 0 radical (unpaired) electrons. The molecule has 3 aromatic rings. The van der Waals surface area contributed by atoms with Crippen LogP contribution in [0.4, 0.5) is 10.1 Å². The predicted molar refractivity (Wildman–Crippen MR) is 84.0 cm³/mol.